The van der Waals surface area contributed by atoms with Crippen molar-refractivity contribution in [2.75, 3.05) is 20.3 Å². The standard InChI is InChI=1S/C3H9N2O3S.K/c1-8-3-2-5-9(4,6)7;/h5H,2-3H2,1H3,(H-,4,6,7);/q-1;+1. The van der Waals surface area contributed by atoms with E-state index >= 15 is 0 Å². The van der Waals surface area contributed by atoms with E-state index in [9.17, 15) is 8.42 Å². The third-order valence-electron chi connectivity index (χ3n) is 0.598. The number of rotatable bonds is 4. The normalized spacial score (nSPS) is 10.6. The van der Waals surface area contributed by atoms with Gasteiger partial charge < -0.3 is 9.88 Å². The molecule has 0 aromatic heterocycles. The van der Waals surface area contributed by atoms with Gasteiger partial charge in [0.15, 0.2) is 0 Å². The summed E-state index contributed by atoms with van der Waals surface area (Å²) in [6.07, 6.45) is 0. The predicted octanol–water partition coefficient (Wildman–Crippen LogP) is -3.48. The minimum Gasteiger partial charge on any atom is -0.550 e. The van der Waals surface area contributed by atoms with Gasteiger partial charge in [-0.05, 0) is 0 Å². The average molecular weight is 192 g/mol. The van der Waals surface area contributed by atoms with Crippen LogP contribution in [0.1, 0.15) is 0 Å². The molecular weight excluding hydrogens is 183 g/mol. The summed E-state index contributed by atoms with van der Waals surface area (Å²) < 4.78 is 26.5. The maximum absolute atomic E-state index is 10.0. The minimum atomic E-state index is -3.78. The van der Waals surface area contributed by atoms with Gasteiger partial charge in [0.25, 0.3) is 0 Å². The van der Waals surface area contributed by atoms with Gasteiger partial charge in [-0.2, -0.15) is 0 Å². The van der Waals surface area contributed by atoms with Gasteiger partial charge in [0, 0.05) is 13.7 Å². The molecule has 0 heterocycles. The monoisotopic (exact) mass is 192 g/mol. The van der Waals surface area contributed by atoms with E-state index in [0.29, 0.717) is 0 Å². The first-order chi connectivity index (χ1) is 4.06. The van der Waals surface area contributed by atoms with Crippen LogP contribution in [0.4, 0.5) is 0 Å². The van der Waals surface area contributed by atoms with Gasteiger partial charge in [0.05, 0.1) is 6.61 Å². The zero-order valence-electron chi connectivity index (χ0n) is 6.05. The summed E-state index contributed by atoms with van der Waals surface area (Å²) in [6, 6.07) is 0. The summed E-state index contributed by atoms with van der Waals surface area (Å²) >= 11 is 0. The van der Waals surface area contributed by atoms with E-state index in [1.54, 1.807) is 0 Å². The maximum atomic E-state index is 10.0. The van der Waals surface area contributed by atoms with Crippen molar-refractivity contribution in [1.29, 1.82) is 0 Å². The minimum absolute atomic E-state index is 0. The molecule has 7 heteroatoms. The van der Waals surface area contributed by atoms with Crippen LogP contribution in [0.25, 0.3) is 5.14 Å². The summed E-state index contributed by atoms with van der Waals surface area (Å²) in [7, 11) is -2.32. The first kappa shape index (κ1) is 14.0. The molecule has 5 nitrogen and oxygen atoms in total. The molecule has 56 valence electrons. The zero-order valence-corrected chi connectivity index (χ0v) is 9.99. The molecule has 0 bridgehead atoms. The van der Waals surface area contributed by atoms with Crippen molar-refractivity contribution in [3.63, 3.8) is 0 Å². The SMILES string of the molecule is COCCNS([NH-])(=O)=O.[K+]. The number of nitrogens with one attached hydrogen (secondary N) is 2. The van der Waals surface area contributed by atoms with Crippen LogP contribution in [-0.2, 0) is 14.9 Å². The van der Waals surface area contributed by atoms with E-state index in [0.717, 1.165) is 0 Å². The third-order valence-corrected chi connectivity index (χ3v) is 1.18. The van der Waals surface area contributed by atoms with E-state index in [1.165, 1.54) is 7.11 Å². The number of hydrogen-bond donors (Lipinski definition) is 1. The molecule has 0 aromatic rings. The fourth-order valence-corrected chi connectivity index (χ4v) is 0.630. The Morgan fingerprint density at radius 3 is 2.40 bits per heavy atom. The Kier molecular flexibility index (Phi) is 10.00. The van der Waals surface area contributed by atoms with Crippen LogP contribution in [0, 0.1) is 0 Å². The van der Waals surface area contributed by atoms with Crippen molar-refractivity contribution >= 4 is 10.2 Å². The molecule has 0 spiro atoms. The van der Waals surface area contributed by atoms with Crippen molar-refractivity contribution in [1.82, 2.24) is 4.72 Å². The van der Waals surface area contributed by atoms with Crippen molar-refractivity contribution in [3.8, 4) is 0 Å². The van der Waals surface area contributed by atoms with Crippen LogP contribution in [0.3, 0.4) is 0 Å². The number of ether oxygens (including phenoxy) is 1. The maximum Gasteiger partial charge on any atom is 1.00 e. The molecule has 0 radical (unpaired) electrons. The van der Waals surface area contributed by atoms with Gasteiger partial charge in [0.2, 0.25) is 0 Å². The molecule has 0 aliphatic carbocycles. The second-order valence-corrected chi connectivity index (χ2v) is 2.69. The van der Waals surface area contributed by atoms with Crippen LogP contribution in [0.2, 0.25) is 0 Å². The van der Waals surface area contributed by atoms with E-state index < -0.39 is 10.2 Å². The van der Waals surface area contributed by atoms with Crippen molar-refractivity contribution in [3.05, 3.63) is 5.14 Å². The van der Waals surface area contributed by atoms with Crippen molar-refractivity contribution in [2.24, 2.45) is 0 Å². The Labute approximate surface area is 103 Å². The second-order valence-electron chi connectivity index (χ2n) is 1.39. The predicted molar refractivity (Wildman–Crippen MR) is 33.1 cm³/mol. The fourth-order valence-electron chi connectivity index (χ4n) is 0.278. The number of hydrogen-bond acceptors (Lipinski definition) is 3. The van der Waals surface area contributed by atoms with Gasteiger partial charge in [-0.25, -0.2) is 13.1 Å². The molecule has 0 saturated heterocycles. The molecule has 0 aromatic carbocycles. The molecule has 0 amide bonds. The summed E-state index contributed by atoms with van der Waals surface area (Å²) in [4.78, 5) is 0. The van der Waals surface area contributed by atoms with Crippen LogP contribution >= 0.6 is 0 Å². The first-order valence-electron chi connectivity index (χ1n) is 2.29. The fraction of sp³-hybridized carbons (Fsp3) is 1.00. The van der Waals surface area contributed by atoms with Gasteiger partial charge in [-0.3, -0.25) is 0 Å². The average Bonchev–Trinajstić information content (AvgIpc) is 1.63. The Hall–Kier alpha value is 1.47. The molecule has 0 aliphatic heterocycles. The third kappa shape index (κ3) is 12.2. The van der Waals surface area contributed by atoms with Crippen molar-refractivity contribution < 1.29 is 64.5 Å². The number of methoxy groups -OCH3 is 1. The van der Waals surface area contributed by atoms with E-state index in [-0.39, 0.29) is 64.5 Å². The molecule has 2 N–H and O–H groups in total. The molecule has 10 heavy (non-hydrogen) atoms. The largest absolute Gasteiger partial charge is 1.00 e. The topological polar surface area (TPSA) is 79.2 Å². The van der Waals surface area contributed by atoms with Gasteiger partial charge >= 0.3 is 51.4 Å². The smallest absolute Gasteiger partial charge is 0.550 e. The Morgan fingerprint density at radius 2 is 2.10 bits per heavy atom. The van der Waals surface area contributed by atoms with Crippen LogP contribution in [0.15, 0.2) is 0 Å². The summed E-state index contributed by atoms with van der Waals surface area (Å²) in [6.45, 7) is 0.445. The van der Waals surface area contributed by atoms with E-state index in [2.05, 4.69) is 4.74 Å². The van der Waals surface area contributed by atoms with Crippen LogP contribution in [0.5, 0.6) is 0 Å². The summed E-state index contributed by atoms with van der Waals surface area (Å²) in [5.41, 5.74) is 0. The Morgan fingerprint density at radius 1 is 1.60 bits per heavy atom. The van der Waals surface area contributed by atoms with E-state index in [1.807, 2.05) is 4.72 Å². The molecule has 0 atom stereocenters. The first-order valence-corrected chi connectivity index (χ1v) is 3.78. The molecular formula is C3H9KN2O3S. The quantitative estimate of drug-likeness (QED) is 0.371. The van der Waals surface area contributed by atoms with E-state index in [4.69, 9.17) is 5.14 Å². The summed E-state index contributed by atoms with van der Waals surface area (Å²) in [5.74, 6) is 0. The molecule has 0 rings (SSSR count). The Balaban J connectivity index is 0. The Bertz CT molecular complexity index is 157. The molecule has 0 aliphatic rings. The van der Waals surface area contributed by atoms with Crippen LogP contribution < -0.4 is 56.1 Å². The molecule has 0 saturated carbocycles. The summed E-state index contributed by atoms with van der Waals surface area (Å²) in [5, 5.41) is 6.32. The van der Waals surface area contributed by atoms with Gasteiger partial charge in [-0.15, -0.1) is 0 Å². The zero-order chi connectivity index (χ0) is 7.33. The second kappa shape index (κ2) is 7.13. The molecule has 0 fully saturated rings. The van der Waals surface area contributed by atoms with Crippen LogP contribution in [-0.4, -0.2) is 28.7 Å². The molecule has 0 unspecified atom stereocenters. The van der Waals surface area contributed by atoms with Gasteiger partial charge in [-0.1, -0.05) is 0 Å². The van der Waals surface area contributed by atoms with Gasteiger partial charge in [0.1, 0.15) is 10.2 Å². The van der Waals surface area contributed by atoms with Crippen molar-refractivity contribution in [2.45, 2.75) is 0 Å².